The molecule has 0 aliphatic rings. The van der Waals surface area contributed by atoms with Crippen molar-refractivity contribution in [1.82, 2.24) is 15.0 Å². The molecule has 2 aromatic rings. The number of rotatable bonds is 2. The predicted molar refractivity (Wildman–Crippen MR) is 49.1 cm³/mol. The highest BCUT2D eigenvalue weighted by atomic mass is 16.3. The van der Waals surface area contributed by atoms with E-state index in [0.29, 0.717) is 0 Å². The van der Waals surface area contributed by atoms with Gasteiger partial charge in [0.1, 0.15) is 5.52 Å². The molecule has 0 aliphatic heterocycles. The molecule has 0 saturated carbocycles. The summed E-state index contributed by atoms with van der Waals surface area (Å²) in [4.78, 5) is 0. The van der Waals surface area contributed by atoms with Crippen LogP contribution in [0, 0.1) is 0 Å². The molecule has 2 rings (SSSR count). The second-order valence-corrected chi connectivity index (χ2v) is 2.89. The van der Waals surface area contributed by atoms with Crippen LogP contribution in [0.25, 0.3) is 11.0 Å². The standard InChI is InChI=1S/C9H11N3O/c1-2-12-9-4-3-7(6-13)5-8(9)10-11-12/h3-5,13H,2,6H2,1H3. The highest BCUT2D eigenvalue weighted by Gasteiger charge is 2.02. The smallest absolute Gasteiger partial charge is 0.113 e. The predicted octanol–water partition coefficient (Wildman–Crippen LogP) is 0.944. The third-order valence-electron chi connectivity index (χ3n) is 2.06. The fourth-order valence-electron chi connectivity index (χ4n) is 1.35. The average molecular weight is 177 g/mol. The normalized spacial score (nSPS) is 10.9. The summed E-state index contributed by atoms with van der Waals surface area (Å²) in [6.45, 7) is 2.89. The molecule has 0 amide bonds. The van der Waals surface area contributed by atoms with Gasteiger partial charge in [0.2, 0.25) is 0 Å². The molecule has 4 heteroatoms. The van der Waals surface area contributed by atoms with Gasteiger partial charge in [-0.25, -0.2) is 4.68 Å². The van der Waals surface area contributed by atoms with Crippen molar-refractivity contribution in [3.63, 3.8) is 0 Å². The van der Waals surface area contributed by atoms with Crippen LogP contribution in [0.5, 0.6) is 0 Å². The molecule has 0 atom stereocenters. The van der Waals surface area contributed by atoms with E-state index in [9.17, 15) is 0 Å². The highest BCUT2D eigenvalue weighted by Crippen LogP contribution is 2.12. The Kier molecular flexibility index (Phi) is 1.98. The molecule has 0 unspecified atom stereocenters. The van der Waals surface area contributed by atoms with Crippen molar-refractivity contribution in [2.24, 2.45) is 0 Å². The molecule has 0 aliphatic carbocycles. The van der Waals surface area contributed by atoms with E-state index in [0.717, 1.165) is 23.1 Å². The SMILES string of the molecule is CCn1nnc2cc(CO)ccc21. The third-order valence-corrected chi connectivity index (χ3v) is 2.06. The largest absolute Gasteiger partial charge is 0.392 e. The Bertz CT molecular complexity index is 422. The maximum atomic E-state index is 8.91. The molecule has 0 fully saturated rings. The van der Waals surface area contributed by atoms with Crippen LogP contribution in [0.3, 0.4) is 0 Å². The lowest BCUT2D eigenvalue weighted by Gasteiger charge is -1.97. The van der Waals surface area contributed by atoms with Crippen molar-refractivity contribution in [1.29, 1.82) is 0 Å². The lowest BCUT2D eigenvalue weighted by Crippen LogP contribution is -1.95. The first kappa shape index (κ1) is 8.19. The lowest BCUT2D eigenvalue weighted by molar-refractivity contribution is 0.282. The summed E-state index contributed by atoms with van der Waals surface area (Å²) in [5.74, 6) is 0. The number of aromatic nitrogens is 3. The third kappa shape index (κ3) is 1.29. The summed E-state index contributed by atoms with van der Waals surface area (Å²) >= 11 is 0. The van der Waals surface area contributed by atoms with Gasteiger partial charge in [0, 0.05) is 6.54 Å². The summed E-state index contributed by atoms with van der Waals surface area (Å²) in [7, 11) is 0. The van der Waals surface area contributed by atoms with E-state index in [4.69, 9.17) is 5.11 Å². The molecule has 68 valence electrons. The minimum absolute atomic E-state index is 0.0505. The number of nitrogens with zero attached hydrogens (tertiary/aromatic N) is 3. The van der Waals surface area contributed by atoms with Crippen LogP contribution < -0.4 is 0 Å². The molecule has 1 aromatic carbocycles. The van der Waals surface area contributed by atoms with Crippen molar-refractivity contribution in [2.75, 3.05) is 0 Å². The first-order chi connectivity index (χ1) is 6.35. The molecule has 1 N–H and O–H groups in total. The van der Waals surface area contributed by atoms with Gasteiger partial charge >= 0.3 is 0 Å². The molecule has 4 nitrogen and oxygen atoms in total. The topological polar surface area (TPSA) is 50.9 Å². The zero-order chi connectivity index (χ0) is 9.26. The molecule has 0 radical (unpaired) electrons. The van der Waals surface area contributed by atoms with Crippen molar-refractivity contribution in [2.45, 2.75) is 20.1 Å². The Hall–Kier alpha value is -1.42. The fourth-order valence-corrected chi connectivity index (χ4v) is 1.35. The molecular weight excluding hydrogens is 166 g/mol. The van der Waals surface area contributed by atoms with Gasteiger partial charge in [0.25, 0.3) is 0 Å². The number of hydrogen-bond donors (Lipinski definition) is 1. The second kappa shape index (κ2) is 3.14. The molecule has 0 spiro atoms. The fraction of sp³-hybridized carbons (Fsp3) is 0.333. The minimum atomic E-state index is 0.0505. The number of aliphatic hydroxyl groups excluding tert-OH is 1. The number of fused-ring (bicyclic) bond motifs is 1. The zero-order valence-corrected chi connectivity index (χ0v) is 7.44. The zero-order valence-electron chi connectivity index (χ0n) is 7.44. The number of aliphatic hydroxyl groups is 1. The first-order valence-corrected chi connectivity index (χ1v) is 4.28. The Labute approximate surface area is 75.8 Å². The summed E-state index contributed by atoms with van der Waals surface area (Å²) in [5, 5.41) is 16.9. The van der Waals surface area contributed by atoms with Crippen molar-refractivity contribution < 1.29 is 5.11 Å². The van der Waals surface area contributed by atoms with Gasteiger partial charge in [-0.15, -0.1) is 5.10 Å². The average Bonchev–Trinajstić information content (AvgIpc) is 2.59. The van der Waals surface area contributed by atoms with Crippen LogP contribution in [0.2, 0.25) is 0 Å². The van der Waals surface area contributed by atoms with Gasteiger partial charge in [0.05, 0.1) is 12.1 Å². The van der Waals surface area contributed by atoms with Crippen LogP contribution in [0.15, 0.2) is 18.2 Å². The summed E-state index contributed by atoms with van der Waals surface area (Å²) in [6.07, 6.45) is 0. The molecular formula is C9H11N3O. The first-order valence-electron chi connectivity index (χ1n) is 4.28. The maximum absolute atomic E-state index is 8.91. The van der Waals surface area contributed by atoms with Crippen LogP contribution in [0.1, 0.15) is 12.5 Å². The van der Waals surface area contributed by atoms with Crippen molar-refractivity contribution in [3.05, 3.63) is 23.8 Å². The molecule has 0 bridgehead atoms. The van der Waals surface area contributed by atoms with E-state index in [1.165, 1.54) is 0 Å². The van der Waals surface area contributed by atoms with Crippen molar-refractivity contribution in [3.8, 4) is 0 Å². The maximum Gasteiger partial charge on any atom is 0.113 e. The molecule has 13 heavy (non-hydrogen) atoms. The van der Waals surface area contributed by atoms with E-state index in [-0.39, 0.29) is 6.61 Å². The van der Waals surface area contributed by atoms with E-state index in [1.807, 2.05) is 29.8 Å². The molecule has 1 heterocycles. The summed E-state index contributed by atoms with van der Waals surface area (Å²) in [5.41, 5.74) is 2.73. The summed E-state index contributed by atoms with van der Waals surface area (Å²) < 4.78 is 1.83. The van der Waals surface area contributed by atoms with Gasteiger partial charge < -0.3 is 5.11 Å². The van der Waals surface area contributed by atoms with Gasteiger partial charge in [-0.05, 0) is 24.6 Å². The second-order valence-electron chi connectivity index (χ2n) is 2.89. The van der Waals surface area contributed by atoms with E-state index in [2.05, 4.69) is 10.3 Å². The van der Waals surface area contributed by atoms with Gasteiger partial charge in [-0.3, -0.25) is 0 Å². The molecule has 0 saturated heterocycles. The number of benzene rings is 1. The number of hydrogen-bond acceptors (Lipinski definition) is 3. The van der Waals surface area contributed by atoms with Crippen LogP contribution in [-0.4, -0.2) is 20.1 Å². The highest BCUT2D eigenvalue weighted by molar-refractivity contribution is 5.74. The minimum Gasteiger partial charge on any atom is -0.392 e. The Balaban J connectivity index is 2.61. The Morgan fingerprint density at radius 1 is 1.46 bits per heavy atom. The van der Waals surface area contributed by atoms with Crippen molar-refractivity contribution >= 4 is 11.0 Å². The van der Waals surface area contributed by atoms with Gasteiger partial charge in [0.15, 0.2) is 0 Å². The Morgan fingerprint density at radius 2 is 2.31 bits per heavy atom. The quantitative estimate of drug-likeness (QED) is 0.742. The van der Waals surface area contributed by atoms with E-state index in [1.54, 1.807) is 0 Å². The number of aryl methyl sites for hydroxylation is 1. The molecule has 1 aromatic heterocycles. The lowest BCUT2D eigenvalue weighted by atomic mass is 10.2. The van der Waals surface area contributed by atoms with Crippen LogP contribution in [-0.2, 0) is 13.2 Å². The van der Waals surface area contributed by atoms with Crippen LogP contribution >= 0.6 is 0 Å². The summed E-state index contributed by atoms with van der Waals surface area (Å²) in [6, 6.07) is 5.68. The van der Waals surface area contributed by atoms with E-state index < -0.39 is 0 Å². The van der Waals surface area contributed by atoms with Gasteiger partial charge in [-0.2, -0.15) is 0 Å². The van der Waals surface area contributed by atoms with Gasteiger partial charge in [-0.1, -0.05) is 11.3 Å². The monoisotopic (exact) mass is 177 g/mol. The Morgan fingerprint density at radius 3 is 3.00 bits per heavy atom. The van der Waals surface area contributed by atoms with Crippen LogP contribution in [0.4, 0.5) is 0 Å². The van der Waals surface area contributed by atoms with E-state index >= 15 is 0 Å².